The van der Waals surface area contributed by atoms with Crippen LogP contribution in [0.1, 0.15) is 23.9 Å². The summed E-state index contributed by atoms with van der Waals surface area (Å²) in [6.45, 7) is 3.66. The largest absolute Gasteiger partial charge is 0.490 e. The highest BCUT2D eigenvalue weighted by molar-refractivity contribution is 5.72. The van der Waals surface area contributed by atoms with Gasteiger partial charge in [-0.15, -0.1) is 0 Å². The van der Waals surface area contributed by atoms with Crippen LogP contribution < -0.4 is 9.47 Å². The molecule has 154 valence electrons. The normalized spacial score (nSPS) is 10.9. The number of benzene rings is 1. The van der Waals surface area contributed by atoms with Gasteiger partial charge in [-0.05, 0) is 37.6 Å². The van der Waals surface area contributed by atoms with Crippen molar-refractivity contribution >= 4 is 23.5 Å². The first-order chi connectivity index (χ1) is 14.4. The van der Waals surface area contributed by atoms with Crippen LogP contribution in [-0.2, 0) is 0 Å². The Hall–Kier alpha value is -4.28. The maximum Gasteiger partial charge on any atom is 0.338 e. The first-order valence-electron chi connectivity index (χ1n) is 8.73. The summed E-state index contributed by atoms with van der Waals surface area (Å²) in [5.41, 5.74) is 0.518. The van der Waals surface area contributed by atoms with E-state index in [1.54, 1.807) is 31.2 Å². The van der Waals surface area contributed by atoms with E-state index in [4.69, 9.17) is 14.0 Å². The minimum Gasteiger partial charge on any atom is -0.490 e. The molecule has 0 N–H and O–H groups in total. The lowest BCUT2D eigenvalue weighted by Crippen LogP contribution is -1.97. The van der Waals surface area contributed by atoms with Gasteiger partial charge in [0.2, 0.25) is 11.6 Å². The number of aromatic nitrogens is 2. The number of nitrogens with zero attached hydrogens (tertiary/aromatic N) is 4. The molecule has 0 spiro atoms. The quantitative estimate of drug-likeness (QED) is 0.384. The van der Waals surface area contributed by atoms with Crippen molar-refractivity contribution in [1.29, 1.82) is 0 Å². The monoisotopic (exact) mass is 412 g/mol. The molecule has 0 amide bonds. The molecule has 11 nitrogen and oxygen atoms in total. The van der Waals surface area contributed by atoms with Gasteiger partial charge in [0.15, 0.2) is 17.2 Å². The van der Waals surface area contributed by atoms with Crippen LogP contribution in [0.25, 0.3) is 12.2 Å². The fraction of sp³-hybridized carbons (Fsp3) is 0.158. The molecule has 0 aliphatic heterocycles. The van der Waals surface area contributed by atoms with Gasteiger partial charge in [-0.3, -0.25) is 20.2 Å². The highest BCUT2D eigenvalue weighted by atomic mass is 16.6. The molecular weight excluding hydrogens is 396 g/mol. The van der Waals surface area contributed by atoms with Gasteiger partial charge < -0.3 is 14.0 Å². The fourth-order valence-electron chi connectivity index (χ4n) is 2.52. The Kier molecular flexibility index (Phi) is 6.01. The lowest BCUT2D eigenvalue weighted by Gasteiger charge is -2.11. The molecule has 0 bridgehead atoms. The van der Waals surface area contributed by atoms with Gasteiger partial charge in [0, 0.05) is 12.1 Å². The number of hydrogen-bond donors (Lipinski definition) is 0. The summed E-state index contributed by atoms with van der Waals surface area (Å²) in [6.07, 6.45) is 4.16. The highest BCUT2D eigenvalue weighted by Crippen LogP contribution is 2.33. The van der Waals surface area contributed by atoms with E-state index in [-0.39, 0.29) is 28.7 Å². The number of ether oxygens (including phenoxy) is 2. The molecule has 3 rings (SSSR count). The van der Waals surface area contributed by atoms with E-state index in [1.807, 2.05) is 0 Å². The summed E-state index contributed by atoms with van der Waals surface area (Å²) in [6, 6.07) is 7.68. The van der Waals surface area contributed by atoms with Gasteiger partial charge in [-0.25, -0.2) is 4.98 Å². The average molecular weight is 412 g/mol. The van der Waals surface area contributed by atoms with Crippen LogP contribution in [0, 0.1) is 27.2 Å². The minimum absolute atomic E-state index is 0.0332. The molecule has 11 heteroatoms. The summed E-state index contributed by atoms with van der Waals surface area (Å²) < 4.78 is 16.3. The van der Waals surface area contributed by atoms with Crippen molar-refractivity contribution in [2.24, 2.45) is 0 Å². The number of hydrogen-bond acceptors (Lipinski definition) is 9. The van der Waals surface area contributed by atoms with Crippen molar-refractivity contribution in [3.05, 3.63) is 73.8 Å². The van der Waals surface area contributed by atoms with E-state index in [2.05, 4.69) is 10.1 Å². The van der Waals surface area contributed by atoms with Gasteiger partial charge in [0.25, 0.3) is 5.69 Å². The second kappa shape index (κ2) is 8.82. The van der Waals surface area contributed by atoms with Crippen LogP contribution in [0.2, 0.25) is 0 Å². The number of pyridine rings is 1. The van der Waals surface area contributed by atoms with Crippen LogP contribution in [0.3, 0.4) is 0 Å². The van der Waals surface area contributed by atoms with E-state index in [0.717, 1.165) is 6.20 Å². The van der Waals surface area contributed by atoms with Crippen molar-refractivity contribution in [2.75, 3.05) is 6.61 Å². The summed E-state index contributed by atoms with van der Waals surface area (Å²) in [5, 5.41) is 25.5. The Morgan fingerprint density at radius 1 is 1.10 bits per heavy atom. The fourth-order valence-corrected chi connectivity index (χ4v) is 2.52. The molecule has 0 fully saturated rings. The third-order valence-electron chi connectivity index (χ3n) is 3.88. The zero-order valence-electron chi connectivity index (χ0n) is 16.0. The molecule has 0 aliphatic carbocycles. The molecule has 0 atom stereocenters. The number of aryl methyl sites for hydroxylation is 1. The lowest BCUT2D eigenvalue weighted by molar-refractivity contribution is -0.386. The molecule has 2 aromatic heterocycles. The maximum atomic E-state index is 11.1. The van der Waals surface area contributed by atoms with Crippen LogP contribution in [0.5, 0.6) is 17.4 Å². The van der Waals surface area contributed by atoms with Gasteiger partial charge in [-0.1, -0.05) is 17.3 Å². The molecule has 0 unspecified atom stereocenters. The van der Waals surface area contributed by atoms with Gasteiger partial charge in [0.1, 0.15) is 6.20 Å². The van der Waals surface area contributed by atoms with E-state index >= 15 is 0 Å². The molecule has 2 heterocycles. The van der Waals surface area contributed by atoms with Crippen molar-refractivity contribution in [1.82, 2.24) is 10.1 Å². The van der Waals surface area contributed by atoms with E-state index in [1.165, 1.54) is 25.1 Å². The number of rotatable bonds is 8. The zero-order valence-corrected chi connectivity index (χ0v) is 16.0. The Balaban J connectivity index is 1.84. The first kappa shape index (κ1) is 20.5. The molecule has 1 aromatic carbocycles. The zero-order chi connectivity index (χ0) is 21.7. The topological polar surface area (TPSA) is 144 Å². The van der Waals surface area contributed by atoms with Crippen LogP contribution in [0.15, 0.2) is 41.1 Å². The van der Waals surface area contributed by atoms with E-state index in [9.17, 15) is 20.2 Å². The van der Waals surface area contributed by atoms with Crippen LogP contribution in [-0.4, -0.2) is 26.6 Å². The van der Waals surface area contributed by atoms with Crippen LogP contribution >= 0.6 is 0 Å². The molecule has 3 aromatic rings. The van der Waals surface area contributed by atoms with Crippen molar-refractivity contribution in [2.45, 2.75) is 13.8 Å². The Morgan fingerprint density at radius 2 is 1.90 bits per heavy atom. The Bertz CT molecular complexity index is 1110. The second-order valence-corrected chi connectivity index (χ2v) is 5.92. The van der Waals surface area contributed by atoms with Crippen molar-refractivity contribution in [3.8, 4) is 17.4 Å². The molecule has 0 saturated heterocycles. The van der Waals surface area contributed by atoms with Crippen molar-refractivity contribution < 1.29 is 23.8 Å². The first-order valence-corrected chi connectivity index (χ1v) is 8.73. The average Bonchev–Trinajstić information content (AvgIpc) is 3.09. The summed E-state index contributed by atoms with van der Waals surface area (Å²) >= 11 is 0. The summed E-state index contributed by atoms with van der Waals surface area (Å²) in [7, 11) is 0. The summed E-state index contributed by atoms with van der Waals surface area (Å²) in [5.74, 6) is 0.961. The molecule has 0 aliphatic rings. The Morgan fingerprint density at radius 3 is 2.53 bits per heavy atom. The SMILES string of the molecule is CCOc1cc(/C=C/c2onc(C)c2[N+](=O)[O-])ccc1Oc1ccc([N+](=O)[O-])cn1. The second-order valence-electron chi connectivity index (χ2n) is 5.92. The third kappa shape index (κ3) is 4.58. The smallest absolute Gasteiger partial charge is 0.338 e. The van der Waals surface area contributed by atoms with E-state index in [0.29, 0.717) is 23.7 Å². The Labute approximate surface area is 169 Å². The van der Waals surface area contributed by atoms with Crippen LogP contribution in [0.4, 0.5) is 11.4 Å². The molecular formula is C19H16N4O7. The van der Waals surface area contributed by atoms with Gasteiger partial charge in [-0.2, -0.15) is 0 Å². The highest BCUT2D eigenvalue weighted by Gasteiger charge is 2.22. The standard InChI is InChI=1S/C19H16N4O7/c1-3-28-17-10-13(5-8-16-19(23(26)27)12(2)21-30-16)4-7-15(17)29-18-9-6-14(11-20-18)22(24)25/h4-11H,3H2,1-2H3/b8-5+. The van der Waals surface area contributed by atoms with Gasteiger partial charge >= 0.3 is 5.69 Å². The van der Waals surface area contributed by atoms with Gasteiger partial charge in [0.05, 0.1) is 16.5 Å². The third-order valence-corrected chi connectivity index (χ3v) is 3.88. The lowest BCUT2D eigenvalue weighted by atomic mass is 10.1. The minimum atomic E-state index is -0.552. The molecule has 30 heavy (non-hydrogen) atoms. The molecule has 0 saturated carbocycles. The predicted molar refractivity (Wildman–Crippen MR) is 105 cm³/mol. The number of nitro groups is 2. The summed E-state index contributed by atoms with van der Waals surface area (Å²) in [4.78, 5) is 24.6. The van der Waals surface area contributed by atoms with Crippen molar-refractivity contribution in [3.63, 3.8) is 0 Å². The van der Waals surface area contributed by atoms with E-state index < -0.39 is 9.85 Å². The maximum absolute atomic E-state index is 11.1. The molecule has 0 radical (unpaired) electrons. The predicted octanol–water partition coefficient (Wildman–Crippen LogP) is 4.56.